The maximum absolute atomic E-state index is 5.17. The van der Waals surface area contributed by atoms with Gasteiger partial charge in [-0.25, -0.2) is 0 Å². The Balaban J connectivity index is 1.25. The Morgan fingerprint density at radius 2 is 1.71 bits per heavy atom. The van der Waals surface area contributed by atoms with E-state index in [2.05, 4.69) is 83.2 Å². The zero-order valence-electron chi connectivity index (χ0n) is 19.4. The first-order valence-electron chi connectivity index (χ1n) is 11.6. The van der Waals surface area contributed by atoms with Crippen LogP contribution < -0.4 is 0 Å². The van der Waals surface area contributed by atoms with Gasteiger partial charge < -0.3 is 9.30 Å². The Kier molecular flexibility index (Phi) is 7.44. The van der Waals surface area contributed by atoms with Crippen molar-refractivity contribution >= 4 is 10.9 Å². The van der Waals surface area contributed by atoms with E-state index < -0.39 is 0 Å². The molecule has 4 heteroatoms. The number of aromatic nitrogens is 1. The summed E-state index contributed by atoms with van der Waals surface area (Å²) >= 11 is 0. The van der Waals surface area contributed by atoms with Gasteiger partial charge >= 0.3 is 0 Å². The molecule has 0 saturated carbocycles. The highest BCUT2D eigenvalue weighted by Crippen LogP contribution is 2.26. The summed E-state index contributed by atoms with van der Waals surface area (Å²) in [4.78, 5) is 4.95. The molecule has 0 radical (unpaired) electrons. The molecule has 1 aliphatic rings. The number of nitrogens with zero attached hydrogens (tertiary/aromatic N) is 3. The molecule has 1 fully saturated rings. The molecule has 0 aliphatic carbocycles. The number of likely N-dealkylation sites (tertiary alicyclic amines) is 1. The van der Waals surface area contributed by atoms with Gasteiger partial charge in [0.05, 0.1) is 6.61 Å². The molecule has 1 aromatic heterocycles. The molecule has 0 N–H and O–H groups in total. The Hall–Kier alpha value is -2.14. The van der Waals surface area contributed by atoms with Crippen molar-refractivity contribution in [3.05, 3.63) is 71.4 Å². The second-order valence-electron chi connectivity index (χ2n) is 9.25. The van der Waals surface area contributed by atoms with Crippen molar-refractivity contribution in [2.75, 3.05) is 40.4 Å². The molecule has 31 heavy (non-hydrogen) atoms. The third-order valence-corrected chi connectivity index (χ3v) is 6.76. The second-order valence-corrected chi connectivity index (χ2v) is 9.25. The van der Waals surface area contributed by atoms with E-state index in [1.54, 1.807) is 7.11 Å². The molecule has 3 aromatic rings. The lowest BCUT2D eigenvalue weighted by atomic mass is 9.89. The fourth-order valence-electron chi connectivity index (χ4n) is 4.89. The molecule has 0 unspecified atom stereocenters. The largest absolute Gasteiger partial charge is 0.383 e. The summed E-state index contributed by atoms with van der Waals surface area (Å²) in [6.45, 7) is 6.21. The second kappa shape index (κ2) is 10.4. The molecule has 0 atom stereocenters. The van der Waals surface area contributed by atoms with Crippen LogP contribution in [0.4, 0.5) is 0 Å². The number of para-hydroxylation sites is 1. The predicted octanol–water partition coefficient (Wildman–Crippen LogP) is 4.71. The maximum Gasteiger partial charge on any atom is 0.0589 e. The van der Waals surface area contributed by atoms with Gasteiger partial charge in [0, 0.05) is 50.9 Å². The van der Waals surface area contributed by atoms with Crippen molar-refractivity contribution in [2.45, 2.75) is 32.4 Å². The predicted molar refractivity (Wildman–Crippen MR) is 129 cm³/mol. The molecule has 1 saturated heterocycles. The van der Waals surface area contributed by atoms with E-state index in [1.807, 2.05) is 0 Å². The molecule has 4 nitrogen and oxygen atoms in total. The molecule has 166 valence electrons. The number of fused-ring (bicyclic) bond motifs is 1. The highest BCUT2D eigenvalue weighted by molar-refractivity contribution is 5.83. The van der Waals surface area contributed by atoms with E-state index in [4.69, 9.17) is 4.74 Å². The zero-order valence-corrected chi connectivity index (χ0v) is 19.4. The molecule has 0 spiro atoms. The summed E-state index contributed by atoms with van der Waals surface area (Å²) in [6.07, 6.45) is 6.12. The summed E-state index contributed by atoms with van der Waals surface area (Å²) < 4.78 is 7.43. The van der Waals surface area contributed by atoms with Gasteiger partial charge in [0.1, 0.15) is 0 Å². The van der Waals surface area contributed by atoms with Crippen LogP contribution in [0.5, 0.6) is 0 Å². The van der Waals surface area contributed by atoms with Crippen molar-refractivity contribution < 1.29 is 4.74 Å². The molecular weight excluding hydrogens is 382 g/mol. The monoisotopic (exact) mass is 419 g/mol. The summed E-state index contributed by atoms with van der Waals surface area (Å²) in [5, 5.41) is 1.40. The van der Waals surface area contributed by atoms with Crippen molar-refractivity contribution in [1.82, 2.24) is 14.4 Å². The van der Waals surface area contributed by atoms with Crippen LogP contribution in [0.15, 0.2) is 54.7 Å². The molecule has 2 aromatic carbocycles. The van der Waals surface area contributed by atoms with Gasteiger partial charge in [-0.2, -0.15) is 0 Å². The van der Waals surface area contributed by atoms with Crippen LogP contribution in [0.25, 0.3) is 10.9 Å². The fourth-order valence-corrected chi connectivity index (χ4v) is 4.89. The van der Waals surface area contributed by atoms with E-state index in [1.165, 1.54) is 59.9 Å². The van der Waals surface area contributed by atoms with Crippen LogP contribution in [-0.2, 0) is 31.3 Å². The number of ether oxygens (including phenoxy) is 1. The van der Waals surface area contributed by atoms with Crippen LogP contribution in [-0.4, -0.2) is 54.8 Å². The van der Waals surface area contributed by atoms with E-state index in [0.717, 1.165) is 32.2 Å². The lowest BCUT2D eigenvalue weighted by Crippen LogP contribution is -2.33. The normalized spacial score (nSPS) is 15.9. The quantitative estimate of drug-likeness (QED) is 0.501. The van der Waals surface area contributed by atoms with Gasteiger partial charge in [0.25, 0.3) is 0 Å². The molecule has 0 bridgehead atoms. The molecule has 1 aliphatic heterocycles. The summed E-state index contributed by atoms with van der Waals surface area (Å²) in [6, 6.07) is 18.0. The Morgan fingerprint density at radius 1 is 1.00 bits per heavy atom. The van der Waals surface area contributed by atoms with E-state index in [-0.39, 0.29) is 0 Å². The third kappa shape index (κ3) is 5.76. The average molecular weight is 420 g/mol. The number of aryl methyl sites for hydroxylation is 1. The van der Waals surface area contributed by atoms with Crippen LogP contribution in [0.1, 0.15) is 29.5 Å². The molecule has 0 amide bonds. The Bertz CT molecular complexity index is 954. The maximum atomic E-state index is 5.17. The van der Waals surface area contributed by atoms with Gasteiger partial charge in [-0.05, 0) is 68.1 Å². The number of piperidine rings is 1. The minimum atomic E-state index is 0.785. The Morgan fingerprint density at radius 3 is 2.45 bits per heavy atom. The van der Waals surface area contributed by atoms with Crippen LogP contribution >= 0.6 is 0 Å². The van der Waals surface area contributed by atoms with Gasteiger partial charge in [-0.1, -0.05) is 42.5 Å². The van der Waals surface area contributed by atoms with Gasteiger partial charge in [-0.15, -0.1) is 0 Å². The number of hydrogen-bond acceptors (Lipinski definition) is 3. The number of benzene rings is 2. The standard InChI is InChI=1S/C27H37N3O/c1-28(16-17-31-3)19-24-10-8-22(9-11-24)18-23-12-14-30(15-13-23)21-25-20-29(2)27-7-5-4-6-26(25)27/h4-11,20,23H,12-19,21H2,1-3H3. The zero-order chi connectivity index (χ0) is 21.6. The molecule has 4 rings (SSSR count). The third-order valence-electron chi connectivity index (χ3n) is 6.76. The molecule has 2 heterocycles. The van der Waals surface area contributed by atoms with Gasteiger partial charge in [0.15, 0.2) is 0 Å². The van der Waals surface area contributed by atoms with Crippen molar-refractivity contribution in [2.24, 2.45) is 13.0 Å². The van der Waals surface area contributed by atoms with E-state index >= 15 is 0 Å². The highest BCUT2D eigenvalue weighted by atomic mass is 16.5. The smallest absolute Gasteiger partial charge is 0.0589 e. The van der Waals surface area contributed by atoms with Crippen molar-refractivity contribution in [3.8, 4) is 0 Å². The summed E-state index contributed by atoms with van der Waals surface area (Å²) in [5.41, 5.74) is 5.66. The van der Waals surface area contributed by atoms with Gasteiger partial charge in [0.2, 0.25) is 0 Å². The topological polar surface area (TPSA) is 20.6 Å². The van der Waals surface area contributed by atoms with Crippen molar-refractivity contribution in [3.63, 3.8) is 0 Å². The lowest BCUT2D eigenvalue weighted by Gasteiger charge is -2.32. The van der Waals surface area contributed by atoms with Gasteiger partial charge in [-0.3, -0.25) is 9.80 Å². The Labute approximate surface area is 187 Å². The highest BCUT2D eigenvalue weighted by Gasteiger charge is 2.20. The first-order chi connectivity index (χ1) is 15.1. The van der Waals surface area contributed by atoms with Crippen molar-refractivity contribution in [1.29, 1.82) is 0 Å². The minimum Gasteiger partial charge on any atom is -0.383 e. The lowest BCUT2D eigenvalue weighted by molar-refractivity contribution is 0.158. The number of methoxy groups -OCH3 is 1. The molecular formula is C27H37N3O. The average Bonchev–Trinajstić information content (AvgIpc) is 3.10. The summed E-state index contributed by atoms with van der Waals surface area (Å²) in [7, 11) is 6.07. The minimum absolute atomic E-state index is 0.785. The number of likely N-dealkylation sites (N-methyl/N-ethyl adjacent to an activating group) is 1. The first-order valence-corrected chi connectivity index (χ1v) is 11.6. The van der Waals surface area contributed by atoms with Crippen LogP contribution in [0.3, 0.4) is 0 Å². The van der Waals surface area contributed by atoms with Crippen LogP contribution in [0, 0.1) is 5.92 Å². The number of rotatable bonds is 9. The van der Waals surface area contributed by atoms with Crippen LogP contribution in [0.2, 0.25) is 0 Å². The number of hydrogen-bond donors (Lipinski definition) is 0. The first kappa shape index (κ1) is 22.1. The van der Waals surface area contributed by atoms with E-state index in [9.17, 15) is 0 Å². The van der Waals surface area contributed by atoms with E-state index in [0.29, 0.717) is 0 Å². The SMILES string of the molecule is COCCN(C)Cc1ccc(CC2CCN(Cc3cn(C)c4ccccc34)CC2)cc1. The summed E-state index contributed by atoms with van der Waals surface area (Å²) in [5.74, 6) is 0.805. The fraction of sp³-hybridized carbons (Fsp3) is 0.481.